The Morgan fingerprint density at radius 3 is 2.57 bits per heavy atom. The van der Waals surface area contributed by atoms with Gasteiger partial charge in [-0.15, -0.1) is 0 Å². The van der Waals surface area contributed by atoms with Crippen molar-refractivity contribution in [3.63, 3.8) is 0 Å². The lowest BCUT2D eigenvalue weighted by Gasteiger charge is -2.20. The first-order valence-corrected chi connectivity index (χ1v) is 11.6. The molecule has 1 aromatic heterocycles. The molecule has 2 aliphatic heterocycles. The molecular formula is C25H32F2N4O4. The maximum Gasteiger partial charge on any atom is 0.272 e. The number of rotatable bonds is 5. The standard InChI is InChI=1S/C18H26N4O3.C7H6F2O/c1-12-4-5-16(25-12)17(23)20-13-6-8-19-15(10-13)18(24)22-9-7-14(11-22)21(2)3;1-10-6-4-2-3-5(8)7(6)9/h6,8,10,12,14,16H,4-5,7,9,11H2,1-3H3,(H,19,20,23);2-4H,1H3. The number of aromatic nitrogens is 1. The summed E-state index contributed by atoms with van der Waals surface area (Å²) in [5.41, 5.74) is 0.938. The van der Waals surface area contributed by atoms with Gasteiger partial charge < -0.3 is 24.6 Å². The molecule has 2 aromatic rings. The molecule has 3 heterocycles. The number of carbonyl (C=O) groups excluding carboxylic acids is 2. The molecule has 35 heavy (non-hydrogen) atoms. The fraction of sp³-hybridized carbons (Fsp3) is 0.480. The van der Waals surface area contributed by atoms with Crippen molar-refractivity contribution in [3.8, 4) is 5.75 Å². The number of carbonyl (C=O) groups is 2. The number of nitrogens with zero attached hydrogens (tertiary/aromatic N) is 3. The largest absolute Gasteiger partial charge is 0.494 e. The number of hydrogen-bond acceptors (Lipinski definition) is 6. The van der Waals surface area contributed by atoms with Gasteiger partial charge >= 0.3 is 0 Å². The highest BCUT2D eigenvalue weighted by atomic mass is 19.2. The number of ether oxygens (including phenoxy) is 2. The molecule has 0 radical (unpaired) electrons. The normalized spacial score (nSPS) is 21.5. The van der Waals surface area contributed by atoms with Crippen LogP contribution in [0.25, 0.3) is 0 Å². The van der Waals surface area contributed by atoms with E-state index in [1.54, 1.807) is 18.3 Å². The van der Waals surface area contributed by atoms with Crippen molar-refractivity contribution in [2.75, 3.05) is 39.6 Å². The highest BCUT2D eigenvalue weighted by Crippen LogP contribution is 2.22. The number of pyridine rings is 1. The molecular weight excluding hydrogens is 458 g/mol. The number of nitrogens with one attached hydrogen (secondary N) is 1. The topological polar surface area (TPSA) is 84.0 Å². The summed E-state index contributed by atoms with van der Waals surface area (Å²) < 4.78 is 34.9. The van der Waals surface area contributed by atoms with Gasteiger partial charge in [0.1, 0.15) is 11.8 Å². The molecule has 0 bridgehead atoms. The zero-order valence-corrected chi connectivity index (χ0v) is 20.5. The molecule has 0 saturated carbocycles. The van der Waals surface area contributed by atoms with Crippen LogP contribution >= 0.6 is 0 Å². The van der Waals surface area contributed by atoms with E-state index in [2.05, 4.69) is 19.9 Å². The van der Waals surface area contributed by atoms with Gasteiger partial charge in [-0.05, 0) is 64.5 Å². The Labute approximate surface area is 204 Å². The van der Waals surface area contributed by atoms with Crippen LogP contribution in [-0.2, 0) is 9.53 Å². The van der Waals surface area contributed by atoms with E-state index in [4.69, 9.17) is 4.74 Å². The Kier molecular flexibility index (Phi) is 9.11. The number of anilines is 1. The Morgan fingerprint density at radius 1 is 1.20 bits per heavy atom. The Hall–Kier alpha value is -3.11. The van der Waals surface area contributed by atoms with Crippen molar-refractivity contribution in [3.05, 3.63) is 53.9 Å². The van der Waals surface area contributed by atoms with E-state index in [0.717, 1.165) is 31.9 Å². The Bertz CT molecular complexity index is 1040. The third-order valence-electron chi connectivity index (χ3n) is 6.09. The minimum atomic E-state index is -0.940. The first-order valence-electron chi connectivity index (χ1n) is 11.6. The van der Waals surface area contributed by atoms with Crippen molar-refractivity contribution in [1.29, 1.82) is 0 Å². The summed E-state index contributed by atoms with van der Waals surface area (Å²) in [5.74, 6) is -2.15. The second-order valence-electron chi connectivity index (χ2n) is 8.85. The average molecular weight is 491 g/mol. The molecule has 0 aliphatic carbocycles. The molecule has 2 fully saturated rings. The van der Waals surface area contributed by atoms with Crippen LogP contribution in [0.5, 0.6) is 5.75 Å². The number of likely N-dealkylation sites (N-methyl/N-ethyl adjacent to an activating group) is 1. The highest BCUT2D eigenvalue weighted by molar-refractivity contribution is 5.97. The molecule has 2 saturated heterocycles. The average Bonchev–Trinajstić information content (AvgIpc) is 3.51. The molecule has 10 heteroatoms. The van der Waals surface area contributed by atoms with Crippen LogP contribution in [0.2, 0.25) is 0 Å². The van der Waals surface area contributed by atoms with Crippen molar-refractivity contribution in [2.45, 2.75) is 44.4 Å². The van der Waals surface area contributed by atoms with Crippen molar-refractivity contribution < 1.29 is 27.8 Å². The van der Waals surface area contributed by atoms with E-state index in [9.17, 15) is 18.4 Å². The summed E-state index contributed by atoms with van der Waals surface area (Å²) in [6.45, 7) is 3.40. The summed E-state index contributed by atoms with van der Waals surface area (Å²) in [5, 5.41) is 2.83. The van der Waals surface area contributed by atoms with Gasteiger partial charge in [0, 0.05) is 31.0 Å². The monoisotopic (exact) mass is 490 g/mol. The van der Waals surface area contributed by atoms with Crippen molar-refractivity contribution in [1.82, 2.24) is 14.8 Å². The quantitative estimate of drug-likeness (QED) is 0.692. The van der Waals surface area contributed by atoms with Gasteiger partial charge in [-0.25, -0.2) is 4.39 Å². The summed E-state index contributed by atoms with van der Waals surface area (Å²) in [4.78, 5) is 33.1. The molecule has 1 aromatic carbocycles. The number of halogens is 2. The van der Waals surface area contributed by atoms with Crippen LogP contribution in [0.4, 0.5) is 14.5 Å². The van der Waals surface area contributed by atoms with Crippen LogP contribution in [-0.4, -0.2) is 79.1 Å². The first-order chi connectivity index (χ1) is 16.7. The first kappa shape index (κ1) is 26.5. The summed E-state index contributed by atoms with van der Waals surface area (Å²) in [6, 6.07) is 7.50. The van der Waals surface area contributed by atoms with E-state index >= 15 is 0 Å². The maximum absolute atomic E-state index is 12.7. The van der Waals surface area contributed by atoms with Gasteiger partial charge in [0.2, 0.25) is 5.82 Å². The minimum Gasteiger partial charge on any atom is -0.494 e. The third kappa shape index (κ3) is 6.95. The third-order valence-corrected chi connectivity index (χ3v) is 6.09. The van der Waals surface area contributed by atoms with E-state index in [1.165, 1.54) is 19.2 Å². The van der Waals surface area contributed by atoms with Gasteiger partial charge in [-0.2, -0.15) is 4.39 Å². The van der Waals surface area contributed by atoms with Gasteiger partial charge in [0.15, 0.2) is 11.6 Å². The second-order valence-corrected chi connectivity index (χ2v) is 8.85. The van der Waals surface area contributed by atoms with Crippen molar-refractivity contribution in [2.24, 2.45) is 0 Å². The van der Waals surface area contributed by atoms with Crippen LogP contribution in [0, 0.1) is 11.6 Å². The summed E-state index contributed by atoms with van der Waals surface area (Å²) in [6.07, 6.45) is 3.84. The molecule has 2 aliphatic rings. The molecule has 3 atom stereocenters. The zero-order chi connectivity index (χ0) is 25.5. The number of benzene rings is 1. The van der Waals surface area contributed by atoms with Gasteiger partial charge in [0.25, 0.3) is 11.8 Å². The fourth-order valence-corrected chi connectivity index (χ4v) is 3.99. The predicted octanol–water partition coefficient (Wildman–Crippen LogP) is 3.34. The Morgan fingerprint density at radius 2 is 1.97 bits per heavy atom. The summed E-state index contributed by atoms with van der Waals surface area (Å²) in [7, 11) is 5.34. The van der Waals surface area contributed by atoms with Gasteiger partial charge in [-0.1, -0.05) is 6.07 Å². The smallest absolute Gasteiger partial charge is 0.272 e. The van der Waals surface area contributed by atoms with Crippen LogP contribution in [0.1, 0.15) is 36.7 Å². The second kappa shape index (κ2) is 12.0. The highest BCUT2D eigenvalue weighted by Gasteiger charge is 2.30. The molecule has 3 unspecified atom stereocenters. The Balaban J connectivity index is 0.000000287. The molecule has 4 rings (SSSR count). The van der Waals surface area contributed by atoms with E-state index in [-0.39, 0.29) is 23.7 Å². The lowest BCUT2D eigenvalue weighted by molar-refractivity contribution is -0.126. The lowest BCUT2D eigenvalue weighted by atomic mass is 10.2. The molecule has 0 spiro atoms. The maximum atomic E-state index is 12.7. The van der Waals surface area contributed by atoms with Crippen molar-refractivity contribution >= 4 is 17.5 Å². The van der Waals surface area contributed by atoms with Crippen LogP contribution in [0.15, 0.2) is 36.5 Å². The van der Waals surface area contributed by atoms with E-state index in [1.807, 2.05) is 25.9 Å². The van der Waals surface area contributed by atoms with Gasteiger partial charge in [0.05, 0.1) is 13.2 Å². The lowest BCUT2D eigenvalue weighted by Crippen LogP contribution is -2.35. The molecule has 2 amide bonds. The SMILES string of the molecule is CC1CCC(C(=O)Nc2ccnc(C(=O)N3CCC(N(C)C)C3)c2)O1.COc1cccc(F)c1F. The minimum absolute atomic E-state index is 0.0694. The van der Waals surface area contributed by atoms with Crippen LogP contribution in [0.3, 0.4) is 0 Å². The zero-order valence-electron chi connectivity index (χ0n) is 20.5. The molecule has 8 nitrogen and oxygen atoms in total. The predicted molar refractivity (Wildman–Crippen MR) is 127 cm³/mol. The van der Waals surface area contributed by atoms with E-state index in [0.29, 0.717) is 24.0 Å². The summed E-state index contributed by atoms with van der Waals surface area (Å²) >= 11 is 0. The van der Waals surface area contributed by atoms with Crippen LogP contribution < -0.4 is 10.1 Å². The number of likely N-dealkylation sites (tertiary alicyclic amines) is 1. The number of amides is 2. The number of methoxy groups -OCH3 is 1. The van der Waals surface area contributed by atoms with Gasteiger partial charge in [-0.3, -0.25) is 14.6 Å². The van der Waals surface area contributed by atoms with E-state index < -0.39 is 17.7 Å². The molecule has 1 N–H and O–H groups in total. The fourth-order valence-electron chi connectivity index (χ4n) is 3.99. The molecule has 190 valence electrons. The number of hydrogen-bond donors (Lipinski definition) is 1.